The van der Waals surface area contributed by atoms with Crippen LogP contribution < -0.4 is 16.6 Å². The zero-order valence-electron chi connectivity index (χ0n) is 9.86. The van der Waals surface area contributed by atoms with Crippen LogP contribution in [0.1, 0.15) is 11.3 Å². The van der Waals surface area contributed by atoms with Crippen LogP contribution in [-0.2, 0) is 0 Å². The first kappa shape index (κ1) is 11.5. The minimum atomic E-state index is 0.408. The largest absolute Gasteiger partial charge is 0.397 e. The van der Waals surface area contributed by atoms with Gasteiger partial charge in [0, 0.05) is 11.8 Å². The van der Waals surface area contributed by atoms with Crippen molar-refractivity contribution >= 4 is 30.6 Å². The molecule has 1 aromatic carbocycles. The maximum atomic E-state index is 5.91. The topological polar surface area (TPSA) is 63.8 Å². The number of para-hydroxylation sites is 1. The summed E-state index contributed by atoms with van der Waals surface area (Å²) in [6.45, 7) is 3.83. The van der Waals surface area contributed by atoms with E-state index in [4.69, 9.17) is 13.6 Å². The molecule has 2 radical (unpaired) electrons. The Kier molecular flexibility index (Phi) is 3.00. The number of aromatic nitrogens is 2. The van der Waals surface area contributed by atoms with Crippen LogP contribution in [0.2, 0.25) is 0 Å². The Morgan fingerprint density at radius 1 is 1.29 bits per heavy atom. The molecule has 0 unspecified atom stereocenters. The van der Waals surface area contributed by atoms with E-state index in [0.29, 0.717) is 17.1 Å². The van der Waals surface area contributed by atoms with Gasteiger partial charge in [-0.15, -0.1) is 0 Å². The first-order valence-electron chi connectivity index (χ1n) is 5.29. The molecule has 1 aromatic heterocycles. The summed E-state index contributed by atoms with van der Waals surface area (Å²) >= 11 is 0. The number of benzene rings is 1. The Morgan fingerprint density at radius 3 is 2.71 bits per heavy atom. The fraction of sp³-hybridized carbons (Fsp3) is 0.167. The average molecular weight is 224 g/mol. The van der Waals surface area contributed by atoms with Gasteiger partial charge in [-0.05, 0) is 25.5 Å². The maximum Gasteiger partial charge on any atom is 0.151 e. The van der Waals surface area contributed by atoms with Gasteiger partial charge in [-0.2, -0.15) is 0 Å². The summed E-state index contributed by atoms with van der Waals surface area (Å²) in [5.41, 5.74) is 9.66. The molecule has 17 heavy (non-hydrogen) atoms. The number of hydrogen-bond acceptors (Lipinski definition) is 4. The zero-order chi connectivity index (χ0) is 12.4. The molecule has 4 nitrogen and oxygen atoms in total. The van der Waals surface area contributed by atoms with Crippen LogP contribution in [-0.4, -0.2) is 17.8 Å². The van der Waals surface area contributed by atoms with Crippen molar-refractivity contribution in [1.82, 2.24) is 9.97 Å². The third-order valence-corrected chi connectivity index (χ3v) is 2.51. The molecular formula is C12H13BN4. The molecule has 0 fully saturated rings. The second-order valence-corrected chi connectivity index (χ2v) is 3.89. The Labute approximate surface area is 102 Å². The lowest BCUT2D eigenvalue weighted by Crippen LogP contribution is -2.13. The van der Waals surface area contributed by atoms with E-state index in [1.54, 1.807) is 0 Å². The lowest BCUT2D eigenvalue weighted by molar-refractivity contribution is 1.15. The summed E-state index contributed by atoms with van der Waals surface area (Å²) in [4.78, 5) is 8.34. The molecule has 84 valence electrons. The van der Waals surface area contributed by atoms with E-state index in [2.05, 4.69) is 15.3 Å². The quantitative estimate of drug-likeness (QED) is 0.594. The summed E-state index contributed by atoms with van der Waals surface area (Å²) in [5.74, 6) is 0.667. The molecule has 3 N–H and O–H groups in total. The summed E-state index contributed by atoms with van der Waals surface area (Å²) in [7, 11) is 5.55. The van der Waals surface area contributed by atoms with Crippen molar-refractivity contribution in [2.75, 3.05) is 11.1 Å². The van der Waals surface area contributed by atoms with Gasteiger partial charge in [0.2, 0.25) is 0 Å². The van der Waals surface area contributed by atoms with Gasteiger partial charge in [-0.3, -0.25) is 4.98 Å². The summed E-state index contributed by atoms with van der Waals surface area (Å²) in [5, 5.41) is 3.18. The van der Waals surface area contributed by atoms with E-state index in [1.807, 2.05) is 32.0 Å². The van der Waals surface area contributed by atoms with Gasteiger partial charge in [0.15, 0.2) is 5.82 Å². The number of aryl methyl sites for hydroxylation is 2. The summed E-state index contributed by atoms with van der Waals surface area (Å²) in [6, 6.07) is 5.74. The van der Waals surface area contributed by atoms with Crippen LogP contribution in [0, 0.1) is 13.8 Å². The average Bonchev–Trinajstić information content (AvgIpc) is 2.26. The van der Waals surface area contributed by atoms with E-state index >= 15 is 0 Å². The van der Waals surface area contributed by atoms with Crippen LogP contribution in [0.5, 0.6) is 0 Å². The lowest BCUT2D eigenvalue weighted by atomic mass is 10.1. The fourth-order valence-electron chi connectivity index (χ4n) is 1.60. The monoisotopic (exact) mass is 224 g/mol. The molecule has 0 saturated heterocycles. The second kappa shape index (κ2) is 4.45. The highest BCUT2D eigenvalue weighted by molar-refractivity contribution is 6.30. The molecule has 0 aliphatic rings. The number of nitrogens with two attached hydrogens (primary N) is 1. The number of hydrogen-bond donors (Lipinski definition) is 2. The molecule has 0 saturated carbocycles. The van der Waals surface area contributed by atoms with Crippen molar-refractivity contribution in [2.24, 2.45) is 0 Å². The van der Waals surface area contributed by atoms with Crippen molar-refractivity contribution in [1.29, 1.82) is 0 Å². The third-order valence-electron chi connectivity index (χ3n) is 2.51. The molecule has 5 heteroatoms. The van der Waals surface area contributed by atoms with Crippen molar-refractivity contribution in [3.05, 3.63) is 35.7 Å². The summed E-state index contributed by atoms with van der Waals surface area (Å²) < 4.78 is 0. The minimum Gasteiger partial charge on any atom is -0.397 e. The lowest BCUT2D eigenvalue weighted by Gasteiger charge is -2.13. The first-order chi connectivity index (χ1) is 8.08. The van der Waals surface area contributed by atoms with Crippen molar-refractivity contribution in [3.8, 4) is 0 Å². The number of nitrogen functional groups attached to an aromatic ring is 1. The Morgan fingerprint density at radius 2 is 2.06 bits per heavy atom. The van der Waals surface area contributed by atoms with E-state index in [0.717, 1.165) is 16.9 Å². The van der Waals surface area contributed by atoms with Gasteiger partial charge in [0.05, 0.1) is 17.1 Å². The molecule has 0 spiro atoms. The van der Waals surface area contributed by atoms with Gasteiger partial charge in [0.1, 0.15) is 7.85 Å². The molecule has 0 bridgehead atoms. The molecule has 0 aliphatic heterocycles. The van der Waals surface area contributed by atoms with Gasteiger partial charge >= 0.3 is 0 Å². The normalized spacial score (nSPS) is 10.2. The standard InChI is InChI=1S/C12H13BN4/c1-7-4-3-5-9(14)11(7)17-12-8(2)16-10(13)6-15-12/h3-6H,14H2,1-2H3,(H,15,17). The van der Waals surface area contributed by atoms with Crippen LogP contribution in [0.15, 0.2) is 24.4 Å². The van der Waals surface area contributed by atoms with Crippen molar-refractivity contribution in [3.63, 3.8) is 0 Å². The number of nitrogens with zero attached hydrogens (tertiary/aromatic N) is 2. The smallest absolute Gasteiger partial charge is 0.151 e. The molecule has 2 rings (SSSR count). The first-order valence-corrected chi connectivity index (χ1v) is 5.29. The third kappa shape index (κ3) is 2.38. The minimum absolute atomic E-state index is 0.408. The van der Waals surface area contributed by atoms with E-state index in [-0.39, 0.29) is 0 Å². The molecular weight excluding hydrogens is 211 g/mol. The SMILES string of the molecule is [B]c1cnc(Nc2c(C)cccc2N)c(C)n1. The Hall–Kier alpha value is -2.04. The van der Waals surface area contributed by atoms with E-state index < -0.39 is 0 Å². The number of anilines is 3. The Bertz CT molecular complexity index is 534. The molecule has 0 amide bonds. The number of nitrogens with one attached hydrogen (secondary N) is 1. The fourth-order valence-corrected chi connectivity index (χ4v) is 1.60. The second-order valence-electron chi connectivity index (χ2n) is 3.89. The van der Waals surface area contributed by atoms with Gasteiger partial charge in [0.25, 0.3) is 0 Å². The van der Waals surface area contributed by atoms with Crippen LogP contribution in [0.3, 0.4) is 0 Å². The summed E-state index contributed by atoms with van der Waals surface area (Å²) in [6.07, 6.45) is 1.52. The van der Waals surface area contributed by atoms with E-state index in [9.17, 15) is 0 Å². The zero-order valence-corrected chi connectivity index (χ0v) is 9.86. The van der Waals surface area contributed by atoms with Crippen molar-refractivity contribution in [2.45, 2.75) is 13.8 Å². The predicted octanol–water partition coefficient (Wildman–Crippen LogP) is 1.21. The van der Waals surface area contributed by atoms with E-state index in [1.165, 1.54) is 6.20 Å². The predicted molar refractivity (Wildman–Crippen MR) is 71.0 cm³/mol. The maximum absolute atomic E-state index is 5.91. The molecule has 2 aromatic rings. The Balaban J connectivity index is 2.38. The highest BCUT2D eigenvalue weighted by Gasteiger charge is 2.06. The molecule has 0 aliphatic carbocycles. The highest BCUT2D eigenvalue weighted by Crippen LogP contribution is 2.26. The van der Waals surface area contributed by atoms with Gasteiger partial charge in [-0.25, -0.2) is 4.98 Å². The van der Waals surface area contributed by atoms with Crippen LogP contribution in [0.4, 0.5) is 17.2 Å². The van der Waals surface area contributed by atoms with Crippen LogP contribution in [0.25, 0.3) is 0 Å². The number of rotatable bonds is 2. The van der Waals surface area contributed by atoms with Crippen LogP contribution >= 0.6 is 0 Å². The molecule has 0 atom stereocenters. The van der Waals surface area contributed by atoms with Gasteiger partial charge < -0.3 is 11.1 Å². The van der Waals surface area contributed by atoms with Crippen molar-refractivity contribution < 1.29 is 0 Å². The highest BCUT2D eigenvalue weighted by atomic mass is 15.0. The van der Waals surface area contributed by atoms with Gasteiger partial charge in [-0.1, -0.05) is 12.1 Å². The molecule has 1 heterocycles.